The fourth-order valence-electron chi connectivity index (χ4n) is 0.989. The summed E-state index contributed by atoms with van der Waals surface area (Å²) in [5, 5.41) is 9.17. The van der Waals surface area contributed by atoms with Crippen LogP contribution in [0.2, 0.25) is 0 Å². The highest BCUT2D eigenvalue weighted by atomic mass is 16.5. The Labute approximate surface area is 80.1 Å². The monoisotopic (exact) mass is 195 g/mol. The van der Waals surface area contributed by atoms with Crippen molar-refractivity contribution in [1.82, 2.24) is 0 Å². The first-order chi connectivity index (χ1) is 6.54. The van der Waals surface area contributed by atoms with Crippen LogP contribution < -0.4 is 5.73 Å². The lowest BCUT2D eigenvalue weighted by Gasteiger charge is -2.02. The van der Waals surface area contributed by atoms with Crippen LogP contribution in [0, 0.1) is 0 Å². The molecule has 0 aliphatic heterocycles. The van der Waals surface area contributed by atoms with Gasteiger partial charge in [0.05, 0.1) is 12.7 Å². The largest absolute Gasteiger partial charge is 0.508 e. The minimum atomic E-state index is -0.717. The molecule has 1 rings (SSSR count). The molecule has 0 saturated carbocycles. The molecule has 74 valence electrons. The molecule has 0 unspecified atom stereocenters. The van der Waals surface area contributed by atoms with Crippen LogP contribution in [0.5, 0.6) is 5.75 Å². The number of benzene rings is 1. The molecule has 1 amide bonds. The maximum Gasteiger partial charge on any atom is 0.338 e. The van der Waals surface area contributed by atoms with Gasteiger partial charge in [-0.1, -0.05) is 0 Å². The molecule has 1 aromatic rings. The lowest BCUT2D eigenvalue weighted by atomic mass is 10.1. The molecule has 0 spiro atoms. The van der Waals surface area contributed by atoms with Gasteiger partial charge >= 0.3 is 5.97 Å². The zero-order valence-electron chi connectivity index (χ0n) is 7.48. The smallest absolute Gasteiger partial charge is 0.338 e. The number of ether oxygens (including phenoxy) is 1. The lowest BCUT2D eigenvalue weighted by Crippen LogP contribution is -2.12. The van der Waals surface area contributed by atoms with E-state index in [1.54, 1.807) is 0 Å². The number of nitrogens with two attached hydrogens (primary N) is 1. The van der Waals surface area contributed by atoms with Gasteiger partial charge in [0.15, 0.2) is 0 Å². The first-order valence-electron chi connectivity index (χ1n) is 3.76. The van der Waals surface area contributed by atoms with Gasteiger partial charge in [0, 0.05) is 5.56 Å². The van der Waals surface area contributed by atoms with Crippen molar-refractivity contribution in [2.45, 2.75) is 0 Å². The normalized spacial score (nSPS) is 9.50. The van der Waals surface area contributed by atoms with Crippen molar-refractivity contribution in [3.63, 3.8) is 0 Å². The number of primary amides is 1. The van der Waals surface area contributed by atoms with E-state index in [1.165, 1.54) is 25.3 Å². The van der Waals surface area contributed by atoms with Crippen LogP contribution in [-0.4, -0.2) is 24.1 Å². The molecule has 0 bridgehead atoms. The minimum absolute atomic E-state index is 0.0606. The maximum absolute atomic E-state index is 11.1. The zero-order chi connectivity index (χ0) is 10.7. The second-order valence-corrected chi connectivity index (χ2v) is 2.62. The highest BCUT2D eigenvalue weighted by molar-refractivity contribution is 5.97. The van der Waals surface area contributed by atoms with Gasteiger partial charge in [0.25, 0.3) is 0 Å². The molecule has 14 heavy (non-hydrogen) atoms. The quantitative estimate of drug-likeness (QED) is 0.663. The topological polar surface area (TPSA) is 89.6 Å². The Balaban J connectivity index is 3.20. The molecule has 0 atom stereocenters. The maximum atomic E-state index is 11.1. The molecule has 5 heteroatoms. The van der Waals surface area contributed by atoms with Gasteiger partial charge in [0.2, 0.25) is 5.91 Å². The van der Waals surface area contributed by atoms with Gasteiger partial charge in [-0.2, -0.15) is 0 Å². The summed E-state index contributed by atoms with van der Waals surface area (Å²) in [5.74, 6) is -1.56. The fraction of sp³-hybridized carbons (Fsp3) is 0.111. The summed E-state index contributed by atoms with van der Waals surface area (Å²) in [7, 11) is 1.20. The van der Waals surface area contributed by atoms with Crippen LogP contribution in [0.3, 0.4) is 0 Å². The van der Waals surface area contributed by atoms with Crippen molar-refractivity contribution < 1.29 is 19.4 Å². The van der Waals surface area contributed by atoms with Gasteiger partial charge in [-0.3, -0.25) is 4.79 Å². The molecular formula is C9H9NO4. The standard InChI is InChI=1S/C9H9NO4/c1-14-9(13)6-2-5(8(10)12)3-7(11)4-6/h2-4,11H,1H3,(H2,10,12). The molecule has 0 heterocycles. The number of aromatic hydroxyl groups is 1. The minimum Gasteiger partial charge on any atom is -0.508 e. The van der Waals surface area contributed by atoms with E-state index in [9.17, 15) is 14.7 Å². The highest BCUT2D eigenvalue weighted by Gasteiger charge is 2.10. The Morgan fingerprint density at radius 2 is 1.86 bits per heavy atom. The molecule has 0 aliphatic rings. The van der Waals surface area contributed by atoms with Crippen LogP contribution in [0.25, 0.3) is 0 Å². The summed E-state index contributed by atoms with van der Waals surface area (Å²) in [4.78, 5) is 21.8. The third-order valence-electron chi connectivity index (χ3n) is 1.62. The average molecular weight is 195 g/mol. The summed E-state index contributed by atoms with van der Waals surface area (Å²) in [6.45, 7) is 0. The van der Waals surface area contributed by atoms with Gasteiger partial charge in [0.1, 0.15) is 5.75 Å². The summed E-state index contributed by atoms with van der Waals surface area (Å²) < 4.78 is 4.42. The van der Waals surface area contributed by atoms with Crippen molar-refractivity contribution in [3.05, 3.63) is 29.3 Å². The number of esters is 1. The number of amides is 1. The van der Waals surface area contributed by atoms with Crippen LogP contribution in [0.1, 0.15) is 20.7 Å². The zero-order valence-corrected chi connectivity index (χ0v) is 7.48. The van der Waals surface area contributed by atoms with Crippen molar-refractivity contribution in [2.24, 2.45) is 5.73 Å². The summed E-state index contributed by atoms with van der Waals surface area (Å²) in [6, 6.07) is 3.63. The molecule has 0 aromatic heterocycles. The Kier molecular flexibility index (Phi) is 2.71. The first kappa shape index (κ1) is 10.0. The lowest BCUT2D eigenvalue weighted by molar-refractivity contribution is 0.0600. The first-order valence-corrected chi connectivity index (χ1v) is 3.76. The predicted octanol–water partition coefficient (Wildman–Crippen LogP) is 0.278. The van der Waals surface area contributed by atoms with Crippen LogP contribution in [-0.2, 0) is 4.74 Å². The van der Waals surface area contributed by atoms with E-state index >= 15 is 0 Å². The summed E-state index contributed by atoms with van der Waals surface area (Å²) >= 11 is 0. The molecule has 0 fully saturated rings. The number of methoxy groups -OCH3 is 1. The van der Waals surface area contributed by atoms with E-state index in [2.05, 4.69) is 4.74 Å². The van der Waals surface area contributed by atoms with Gasteiger partial charge in [-0.15, -0.1) is 0 Å². The van der Waals surface area contributed by atoms with Gasteiger partial charge in [-0.25, -0.2) is 4.79 Å². The Morgan fingerprint density at radius 1 is 1.29 bits per heavy atom. The Bertz CT molecular complexity index is 386. The molecule has 5 nitrogen and oxygen atoms in total. The molecule has 0 radical (unpaired) electrons. The van der Waals surface area contributed by atoms with Gasteiger partial charge < -0.3 is 15.6 Å². The summed E-state index contributed by atoms with van der Waals surface area (Å²) in [6.07, 6.45) is 0. The number of hydrogen-bond acceptors (Lipinski definition) is 4. The number of carbonyl (C=O) groups is 2. The molecule has 0 saturated heterocycles. The Morgan fingerprint density at radius 3 is 2.36 bits per heavy atom. The van der Waals surface area contributed by atoms with Gasteiger partial charge in [-0.05, 0) is 18.2 Å². The molecule has 3 N–H and O–H groups in total. The Hall–Kier alpha value is -2.04. The fourth-order valence-corrected chi connectivity index (χ4v) is 0.989. The van der Waals surface area contributed by atoms with E-state index in [0.717, 1.165) is 0 Å². The second kappa shape index (κ2) is 3.78. The average Bonchev–Trinajstić information content (AvgIpc) is 2.15. The number of phenolic OH excluding ortho intramolecular Hbond substituents is 1. The molecule has 1 aromatic carbocycles. The summed E-state index contributed by atoms with van der Waals surface area (Å²) in [5.41, 5.74) is 5.14. The predicted molar refractivity (Wildman–Crippen MR) is 48.0 cm³/mol. The van der Waals surface area contributed by atoms with E-state index in [0.29, 0.717) is 0 Å². The van der Waals surface area contributed by atoms with Crippen molar-refractivity contribution in [1.29, 1.82) is 0 Å². The third-order valence-corrected chi connectivity index (χ3v) is 1.62. The van der Waals surface area contributed by atoms with Crippen molar-refractivity contribution in [2.75, 3.05) is 7.11 Å². The molecular weight excluding hydrogens is 186 g/mol. The third kappa shape index (κ3) is 2.01. The van der Waals surface area contributed by atoms with E-state index in [-0.39, 0.29) is 16.9 Å². The van der Waals surface area contributed by atoms with Crippen molar-refractivity contribution in [3.8, 4) is 5.75 Å². The second-order valence-electron chi connectivity index (χ2n) is 2.62. The van der Waals surface area contributed by atoms with Crippen LogP contribution in [0.4, 0.5) is 0 Å². The number of carbonyl (C=O) groups excluding carboxylic acids is 2. The number of phenols is 1. The van der Waals surface area contributed by atoms with E-state index < -0.39 is 11.9 Å². The molecule has 0 aliphatic carbocycles. The number of rotatable bonds is 2. The van der Waals surface area contributed by atoms with E-state index in [4.69, 9.17) is 5.73 Å². The van der Waals surface area contributed by atoms with Crippen LogP contribution >= 0.6 is 0 Å². The van der Waals surface area contributed by atoms with Crippen LogP contribution in [0.15, 0.2) is 18.2 Å². The number of hydrogen-bond donors (Lipinski definition) is 2. The highest BCUT2D eigenvalue weighted by Crippen LogP contribution is 2.16. The SMILES string of the molecule is COC(=O)c1cc(O)cc(C(N)=O)c1. The van der Waals surface area contributed by atoms with E-state index in [1.807, 2.05) is 0 Å². The van der Waals surface area contributed by atoms with Crippen molar-refractivity contribution >= 4 is 11.9 Å².